The Morgan fingerprint density at radius 3 is 2.62 bits per heavy atom. The van der Waals surface area contributed by atoms with Gasteiger partial charge in [-0.25, -0.2) is 9.97 Å². The van der Waals surface area contributed by atoms with Gasteiger partial charge in [-0.05, 0) is 23.8 Å². The van der Waals surface area contributed by atoms with Crippen LogP contribution >= 0.6 is 0 Å². The Bertz CT molecular complexity index is 1010. The molecule has 0 atom stereocenters. The summed E-state index contributed by atoms with van der Waals surface area (Å²) in [5, 5.41) is 9.48. The Balaban J connectivity index is 1.68. The highest BCUT2D eigenvalue weighted by atomic mass is 14.9. The molecule has 4 rings (SSSR count). The molecule has 4 aromatic rings. The number of nitrogens with zero attached hydrogens (tertiary/aromatic N) is 3. The first-order valence-corrected chi connectivity index (χ1v) is 7.50. The van der Waals surface area contributed by atoms with E-state index in [9.17, 15) is 5.26 Å². The van der Waals surface area contributed by atoms with Crippen LogP contribution in [0.15, 0.2) is 60.9 Å². The normalized spacial score (nSPS) is 11.5. The highest BCUT2D eigenvalue weighted by Crippen LogP contribution is 2.21. The van der Waals surface area contributed by atoms with Crippen LogP contribution in [0.5, 0.6) is 0 Å². The van der Waals surface area contributed by atoms with Gasteiger partial charge in [0, 0.05) is 18.0 Å². The lowest BCUT2D eigenvalue weighted by atomic mass is 10.1. The van der Waals surface area contributed by atoms with Crippen LogP contribution in [0.2, 0.25) is 0 Å². The molecule has 2 aromatic carbocycles. The monoisotopic (exact) mass is 311 g/mol. The van der Waals surface area contributed by atoms with Crippen molar-refractivity contribution >= 4 is 22.7 Å². The highest BCUT2D eigenvalue weighted by molar-refractivity contribution is 5.90. The molecule has 2 N–H and O–H groups in total. The van der Waals surface area contributed by atoms with Gasteiger partial charge < -0.3 is 9.97 Å². The molecule has 0 bridgehead atoms. The fourth-order valence-electron chi connectivity index (χ4n) is 2.56. The van der Waals surface area contributed by atoms with E-state index in [4.69, 9.17) is 0 Å². The van der Waals surface area contributed by atoms with Crippen molar-refractivity contribution in [3.05, 3.63) is 72.3 Å². The summed E-state index contributed by atoms with van der Waals surface area (Å²) in [6.07, 6.45) is 5.33. The Morgan fingerprint density at radius 1 is 1.08 bits per heavy atom. The summed E-state index contributed by atoms with van der Waals surface area (Å²) in [5.41, 5.74) is 4.20. The van der Waals surface area contributed by atoms with Gasteiger partial charge in [0.2, 0.25) is 0 Å². The van der Waals surface area contributed by atoms with Gasteiger partial charge >= 0.3 is 0 Å². The van der Waals surface area contributed by atoms with E-state index >= 15 is 0 Å². The number of hydrogen-bond donors (Lipinski definition) is 2. The van der Waals surface area contributed by atoms with Gasteiger partial charge in [-0.2, -0.15) is 5.26 Å². The molecule has 0 saturated carbocycles. The highest BCUT2D eigenvalue weighted by Gasteiger charge is 2.07. The lowest BCUT2D eigenvalue weighted by molar-refractivity contribution is 1.27. The van der Waals surface area contributed by atoms with Crippen molar-refractivity contribution < 1.29 is 0 Å². The molecule has 2 heterocycles. The minimum absolute atomic E-state index is 0.497. The van der Waals surface area contributed by atoms with E-state index in [-0.39, 0.29) is 0 Å². The van der Waals surface area contributed by atoms with Gasteiger partial charge in [0.15, 0.2) is 0 Å². The predicted octanol–water partition coefficient (Wildman–Crippen LogP) is 4.02. The van der Waals surface area contributed by atoms with E-state index in [0.29, 0.717) is 11.4 Å². The minimum Gasteiger partial charge on any atom is -0.345 e. The van der Waals surface area contributed by atoms with Gasteiger partial charge in [0.25, 0.3) is 0 Å². The molecule has 24 heavy (non-hydrogen) atoms. The third kappa shape index (κ3) is 2.57. The fraction of sp³-hybridized carbons (Fsp3) is 0. The number of aromatic nitrogens is 4. The van der Waals surface area contributed by atoms with Crippen molar-refractivity contribution in [3.63, 3.8) is 0 Å². The lowest BCUT2D eigenvalue weighted by Crippen LogP contribution is -1.85. The average Bonchev–Trinajstić information content (AvgIpc) is 3.29. The average molecular weight is 311 g/mol. The molecule has 2 aromatic heterocycles. The van der Waals surface area contributed by atoms with Gasteiger partial charge in [-0.3, -0.25) is 0 Å². The van der Waals surface area contributed by atoms with Gasteiger partial charge in [-0.1, -0.05) is 36.4 Å². The van der Waals surface area contributed by atoms with Crippen molar-refractivity contribution in [1.82, 2.24) is 19.9 Å². The van der Waals surface area contributed by atoms with E-state index in [1.165, 1.54) is 0 Å². The molecule has 0 fully saturated rings. The summed E-state index contributed by atoms with van der Waals surface area (Å²) >= 11 is 0. The van der Waals surface area contributed by atoms with E-state index in [1.54, 1.807) is 12.4 Å². The zero-order valence-electron chi connectivity index (χ0n) is 12.7. The molecule has 0 aliphatic heterocycles. The topological polar surface area (TPSA) is 81.2 Å². The molecule has 0 unspecified atom stereocenters. The standard InChI is InChI=1S/C19H13N5/c20-12-15(19-23-16-3-1-2-4-17(16)24-19)11-13-5-7-14(8-6-13)18-21-9-10-22-18/h1-11H,(H,21,22)(H,23,24)/b15-11+. The van der Waals surface area contributed by atoms with Crippen molar-refractivity contribution in [3.8, 4) is 17.5 Å². The van der Waals surface area contributed by atoms with Crippen LogP contribution in [0.4, 0.5) is 0 Å². The summed E-state index contributed by atoms with van der Waals surface area (Å²) in [6.45, 7) is 0. The van der Waals surface area contributed by atoms with Gasteiger partial charge in [0.1, 0.15) is 17.7 Å². The summed E-state index contributed by atoms with van der Waals surface area (Å²) in [4.78, 5) is 15.0. The van der Waals surface area contributed by atoms with Crippen molar-refractivity contribution in [2.24, 2.45) is 0 Å². The number of nitriles is 1. The van der Waals surface area contributed by atoms with Crippen molar-refractivity contribution in [2.45, 2.75) is 0 Å². The number of fused-ring (bicyclic) bond motifs is 1. The second kappa shape index (κ2) is 5.86. The first kappa shape index (κ1) is 14.0. The number of H-pyrrole nitrogens is 2. The molecule has 114 valence electrons. The number of para-hydroxylation sites is 2. The largest absolute Gasteiger partial charge is 0.345 e. The third-order valence-corrected chi connectivity index (χ3v) is 3.76. The maximum Gasteiger partial charge on any atom is 0.149 e. The zero-order valence-corrected chi connectivity index (χ0v) is 12.7. The number of benzene rings is 2. The molecule has 0 aliphatic carbocycles. The summed E-state index contributed by atoms with van der Waals surface area (Å²) in [5.74, 6) is 1.40. The maximum absolute atomic E-state index is 9.48. The second-order valence-corrected chi connectivity index (χ2v) is 5.33. The first-order chi connectivity index (χ1) is 11.8. The number of imidazole rings is 2. The van der Waals surface area contributed by atoms with Crippen LogP contribution in [0.25, 0.3) is 34.1 Å². The Morgan fingerprint density at radius 2 is 1.92 bits per heavy atom. The van der Waals surface area contributed by atoms with Gasteiger partial charge in [-0.15, -0.1) is 0 Å². The molecule has 0 amide bonds. The molecule has 5 heteroatoms. The van der Waals surface area contributed by atoms with E-state index in [1.807, 2.05) is 54.6 Å². The quantitative estimate of drug-likeness (QED) is 0.561. The first-order valence-electron chi connectivity index (χ1n) is 7.50. The number of nitrogens with one attached hydrogen (secondary N) is 2. The Kier molecular flexibility index (Phi) is 3.41. The summed E-state index contributed by atoms with van der Waals surface area (Å²) in [6, 6.07) is 17.8. The Labute approximate surface area is 138 Å². The molecule has 0 spiro atoms. The van der Waals surface area contributed by atoms with E-state index in [0.717, 1.165) is 28.0 Å². The van der Waals surface area contributed by atoms with Crippen LogP contribution in [0.1, 0.15) is 11.4 Å². The smallest absolute Gasteiger partial charge is 0.149 e. The second-order valence-electron chi connectivity index (χ2n) is 5.33. The molecule has 0 radical (unpaired) electrons. The summed E-state index contributed by atoms with van der Waals surface area (Å²) < 4.78 is 0. The number of aromatic amines is 2. The fourth-order valence-corrected chi connectivity index (χ4v) is 2.56. The van der Waals surface area contributed by atoms with E-state index < -0.39 is 0 Å². The molecular formula is C19H13N5. The minimum atomic E-state index is 0.497. The number of allylic oxidation sites excluding steroid dienone is 1. The number of rotatable bonds is 3. The van der Waals surface area contributed by atoms with Crippen LogP contribution in [0.3, 0.4) is 0 Å². The molecule has 0 saturated heterocycles. The SMILES string of the molecule is N#C/C(=C\c1ccc(-c2ncc[nH]2)cc1)c1nc2ccccc2[nH]1. The third-order valence-electron chi connectivity index (χ3n) is 3.76. The van der Waals surface area contributed by atoms with Crippen LogP contribution in [-0.2, 0) is 0 Å². The van der Waals surface area contributed by atoms with E-state index in [2.05, 4.69) is 26.0 Å². The maximum atomic E-state index is 9.48. The lowest BCUT2D eigenvalue weighted by Gasteiger charge is -1.99. The number of hydrogen-bond acceptors (Lipinski definition) is 3. The summed E-state index contributed by atoms with van der Waals surface area (Å²) in [7, 11) is 0. The predicted molar refractivity (Wildman–Crippen MR) is 93.6 cm³/mol. The van der Waals surface area contributed by atoms with Gasteiger partial charge in [0.05, 0.1) is 16.6 Å². The van der Waals surface area contributed by atoms with Crippen LogP contribution in [-0.4, -0.2) is 19.9 Å². The zero-order chi connectivity index (χ0) is 16.4. The van der Waals surface area contributed by atoms with Crippen molar-refractivity contribution in [1.29, 1.82) is 5.26 Å². The van der Waals surface area contributed by atoms with Crippen LogP contribution < -0.4 is 0 Å². The Hall–Kier alpha value is -3.65. The van der Waals surface area contributed by atoms with Crippen LogP contribution in [0, 0.1) is 11.3 Å². The van der Waals surface area contributed by atoms with Crippen molar-refractivity contribution in [2.75, 3.05) is 0 Å². The molecule has 5 nitrogen and oxygen atoms in total. The molecule has 0 aliphatic rings. The molecular weight excluding hydrogens is 298 g/mol.